The fourth-order valence-electron chi connectivity index (χ4n) is 1.08. The second kappa shape index (κ2) is 3.67. The molecule has 0 atom stereocenters. The van der Waals surface area contributed by atoms with Gasteiger partial charge in [-0.1, -0.05) is 4.49 Å². The smallest absolute Gasteiger partial charge is 0.189 e. The maximum Gasteiger partial charge on any atom is 0.189 e. The van der Waals surface area contributed by atoms with E-state index in [4.69, 9.17) is 0 Å². The van der Waals surface area contributed by atoms with Gasteiger partial charge in [0.25, 0.3) is 0 Å². The summed E-state index contributed by atoms with van der Waals surface area (Å²) in [6, 6.07) is 1.70. The van der Waals surface area contributed by atoms with Gasteiger partial charge in [-0.15, -0.1) is 5.10 Å². The second-order valence-corrected chi connectivity index (χ2v) is 3.48. The van der Waals surface area contributed by atoms with Gasteiger partial charge in [0.1, 0.15) is 5.69 Å². The van der Waals surface area contributed by atoms with Crippen molar-refractivity contribution in [2.24, 2.45) is 7.05 Å². The Morgan fingerprint density at radius 3 is 3.07 bits per heavy atom. The monoisotopic (exact) mass is 208 g/mol. The van der Waals surface area contributed by atoms with E-state index < -0.39 is 0 Å². The number of hydrogen-bond donors (Lipinski definition) is 0. The zero-order valence-electron chi connectivity index (χ0n) is 7.54. The first-order chi connectivity index (χ1) is 6.75. The van der Waals surface area contributed by atoms with Gasteiger partial charge in [-0.2, -0.15) is 5.10 Å². The number of carbonyl (C=O) groups is 1. The Labute approximate surface area is 84.5 Å². The molecule has 5 nitrogen and oxygen atoms in total. The molecule has 72 valence electrons. The van der Waals surface area contributed by atoms with Crippen molar-refractivity contribution in [3.05, 3.63) is 29.0 Å². The molecule has 0 fully saturated rings. The van der Waals surface area contributed by atoms with Crippen molar-refractivity contribution in [3.8, 4) is 0 Å². The molecule has 0 amide bonds. The van der Waals surface area contributed by atoms with Crippen molar-refractivity contribution >= 4 is 17.3 Å². The SMILES string of the molecule is Cn1ccc(C(=O)Cc2csnn2)n1. The Hall–Kier alpha value is -1.56. The molecular formula is C8H8N4OS. The maximum absolute atomic E-state index is 11.6. The summed E-state index contributed by atoms with van der Waals surface area (Å²) in [7, 11) is 1.78. The molecule has 6 heteroatoms. The predicted molar refractivity (Wildman–Crippen MR) is 51.2 cm³/mol. The summed E-state index contributed by atoms with van der Waals surface area (Å²) in [5.74, 6) is -0.0294. The average Bonchev–Trinajstić information content (AvgIpc) is 2.75. The normalized spacial score (nSPS) is 10.4. The Morgan fingerprint density at radius 1 is 1.64 bits per heavy atom. The fourth-order valence-corrected chi connectivity index (χ4v) is 1.53. The first-order valence-corrected chi connectivity index (χ1v) is 4.88. The van der Waals surface area contributed by atoms with E-state index in [0.29, 0.717) is 11.4 Å². The molecule has 0 aliphatic rings. The van der Waals surface area contributed by atoms with E-state index >= 15 is 0 Å². The van der Waals surface area contributed by atoms with E-state index in [1.54, 1.807) is 29.4 Å². The van der Waals surface area contributed by atoms with Gasteiger partial charge >= 0.3 is 0 Å². The third-order valence-electron chi connectivity index (χ3n) is 1.75. The summed E-state index contributed by atoms with van der Waals surface area (Å²) in [6.07, 6.45) is 2.01. The standard InChI is InChI=1S/C8H8N4OS/c1-12-3-2-7(10-12)8(13)4-6-5-14-11-9-6/h2-3,5H,4H2,1H3. The molecule has 0 radical (unpaired) electrons. The van der Waals surface area contributed by atoms with E-state index in [1.165, 1.54) is 11.5 Å². The first kappa shape index (κ1) is 9.01. The molecule has 0 bridgehead atoms. The largest absolute Gasteiger partial charge is 0.292 e. The minimum atomic E-state index is -0.0294. The van der Waals surface area contributed by atoms with Gasteiger partial charge in [0.15, 0.2) is 5.78 Å². The highest BCUT2D eigenvalue weighted by atomic mass is 32.1. The molecule has 0 saturated carbocycles. The highest BCUT2D eigenvalue weighted by Crippen LogP contribution is 2.04. The summed E-state index contributed by atoms with van der Waals surface area (Å²) in [6.45, 7) is 0. The van der Waals surface area contributed by atoms with Gasteiger partial charge in [0.05, 0.1) is 12.1 Å². The van der Waals surface area contributed by atoms with Crippen LogP contribution in [0.4, 0.5) is 0 Å². The number of aryl methyl sites for hydroxylation is 1. The van der Waals surface area contributed by atoms with Gasteiger partial charge in [0, 0.05) is 18.6 Å². The van der Waals surface area contributed by atoms with E-state index in [2.05, 4.69) is 14.7 Å². The molecule has 2 heterocycles. The lowest BCUT2D eigenvalue weighted by molar-refractivity contribution is 0.0986. The summed E-state index contributed by atoms with van der Waals surface area (Å²) < 4.78 is 5.29. The Bertz CT molecular complexity index is 434. The number of carbonyl (C=O) groups excluding carboxylic acids is 1. The van der Waals surface area contributed by atoms with Crippen LogP contribution in [0.15, 0.2) is 17.6 Å². The average molecular weight is 208 g/mol. The van der Waals surface area contributed by atoms with Crippen LogP contribution < -0.4 is 0 Å². The Morgan fingerprint density at radius 2 is 2.50 bits per heavy atom. The van der Waals surface area contributed by atoms with Crippen LogP contribution >= 0.6 is 11.5 Å². The summed E-state index contributed by atoms with van der Waals surface area (Å²) in [5.41, 5.74) is 1.17. The van der Waals surface area contributed by atoms with Gasteiger partial charge < -0.3 is 0 Å². The lowest BCUT2D eigenvalue weighted by Crippen LogP contribution is -2.05. The van der Waals surface area contributed by atoms with Crippen molar-refractivity contribution in [1.29, 1.82) is 0 Å². The highest BCUT2D eigenvalue weighted by Gasteiger charge is 2.11. The highest BCUT2D eigenvalue weighted by molar-refractivity contribution is 7.03. The van der Waals surface area contributed by atoms with Crippen LogP contribution in [0.25, 0.3) is 0 Å². The lowest BCUT2D eigenvalue weighted by Gasteiger charge is -1.91. The van der Waals surface area contributed by atoms with Crippen molar-refractivity contribution < 1.29 is 4.79 Å². The number of ketones is 1. The minimum Gasteiger partial charge on any atom is -0.292 e. The summed E-state index contributed by atoms with van der Waals surface area (Å²) in [5, 5.41) is 9.58. The summed E-state index contributed by atoms with van der Waals surface area (Å²) in [4.78, 5) is 11.6. The molecule has 0 aliphatic carbocycles. The molecule has 2 aromatic rings. The molecule has 0 aromatic carbocycles. The Kier molecular flexibility index (Phi) is 2.36. The third kappa shape index (κ3) is 1.85. The van der Waals surface area contributed by atoms with E-state index in [1.807, 2.05) is 0 Å². The van der Waals surface area contributed by atoms with Crippen LogP contribution in [-0.4, -0.2) is 25.2 Å². The zero-order chi connectivity index (χ0) is 9.97. The van der Waals surface area contributed by atoms with Crippen LogP contribution in [0.1, 0.15) is 16.2 Å². The second-order valence-electron chi connectivity index (χ2n) is 2.87. The van der Waals surface area contributed by atoms with Crippen LogP contribution in [0, 0.1) is 0 Å². The third-order valence-corrected chi connectivity index (χ3v) is 2.30. The van der Waals surface area contributed by atoms with E-state index in [-0.39, 0.29) is 12.2 Å². The van der Waals surface area contributed by atoms with Crippen molar-refractivity contribution in [3.63, 3.8) is 0 Å². The molecule has 0 spiro atoms. The molecule has 2 rings (SSSR count). The quantitative estimate of drug-likeness (QED) is 0.696. The van der Waals surface area contributed by atoms with Crippen molar-refractivity contribution in [2.45, 2.75) is 6.42 Å². The molecule has 0 unspecified atom stereocenters. The first-order valence-electron chi connectivity index (χ1n) is 4.04. The van der Waals surface area contributed by atoms with Crippen molar-refractivity contribution in [2.75, 3.05) is 0 Å². The molecule has 0 N–H and O–H groups in total. The van der Waals surface area contributed by atoms with Gasteiger partial charge in [-0.3, -0.25) is 9.48 Å². The fraction of sp³-hybridized carbons (Fsp3) is 0.250. The van der Waals surface area contributed by atoms with Crippen LogP contribution in [-0.2, 0) is 13.5 Å². The number of nitrogens with zero attached hydrogens (tertiary/aromatic N) is 4. The molecule has 0 saturated heterocycles. The predicted octanol–water partition coefficient (Wildman–Crippen LogP) is 0.697. The van der Waals surface area contributed by atoms with Crippen LogP contribution in [0.5, 0.6) is 0 Å². The molecular weight excluding hydrogens is 200 g/mol. The molecule has 14 heavy (non-hydrogen) atoms. The van der Waals surface area contributed by atoms with Gasteiger partial charge in [0.2, 0.25) is 0 Å². The molecule has 2 aromatic heterocycles. The number of rotatable bonds is 3. The number of Topliss-reactive ketones (excluding diaryl/α,β-unsaturated/α-hetero) is 1. The van der Waals surface area contributed by atoms with E-state index in [0.717, 1.165) is 0 Å². The molecule has 0 aliphatic heterocycles. The Balaban J connectivity index is 2.10. The zero-order valence-corrected chi connectivity index (χ0v) is 8.36. The van der Waals surface area contributed by atoms with Gasteiger partial charge in [-0.25, -0.2) is 0 Å². The number of hydrogen-bond acceptors (Lipinski definition) is 5. The van der Waals surface area contributed by atoms with Crippen LogP contribution in [0.2, 0.25) is 0 Å². The topological polar surface area (TPSA) is 60.7 Å². The maximum atomic E-state index is 11.6. The van der Waals surface area contributed by atoms with Crippen molar-refractivity contribution in [1.82, 2.24) is 19.4 Å². The van der Waals surface area contributed by atoms with E-state index in [9.17, 15) is 4.79 Å². The minimum absolute atomic E-state index is 0.0294. The lowest BCUT2D eigenvalue weighted by atomic mass is 10.2. The van der Waals surface area contributed by atoms with Gasteiger partial charge in [-0.05, 0) is 17.6 Å². The summed E-state index contributed by atoms with van der Waals surface area (Å²) >= 11 is 1.24. The number of aromatic nitrogens is 4. The van der Waals surface area contributed by atoms with Crippen LogP contribution in [0.3, 0.4) is 0 Å².